The van der Waals surface area contributed by atoms with E-state index in [1.807, 2.05) is 42.7 Å². The summed E-state index contributed by atoms with van der Waals surface area (Å²) in [7, 11) is 0. The number of fused-ring (bicyclic) bond motifs is 3. The summed E-state index contributed by atoms with van der Waals surface area (Å²) >= 11 is 0. The first kappa shape index (κ1) is 25.1. The topological polar surface area (TPSA) is 88.1 Å². The van der Waals surface area contributed by atoms with E-state index in [0.29, 0.717) is 35.2 Å². The van der Waals surface area contributed by atoms with Gasteiger partial charge in [-0.2, -0.15) is 0 Å². The SMILES string of the molecule is Cc1ccccc1-c1ccc(C(=N)c2cc(-c3ccc4c(c3)CCC(N3C5COCC3C5)CC4)cnc2N)nc1. The minimum Gasteiger partial charge on any atom is -0.383 e. The molecule has 202 valence electrons. The zero-order chi connectivity index (χ0) is 27.2. The average molecular weight is 530 g/mol. The number of nitrogens with zero attached hydrogens (tertiary/aromatic N) is 3. The van der Waals surface area contributed by atoms with Gasteiger partial charge in [0.2, 0.25) is 0 Å². The maximum atomic E-state index is 8.91. The van der Waals surface area contributed by atoms with Gasteiger partial charge < -0.3 is 10.5 Å². The first-order valence-electron chi connectivity index (χ1n) is 14.4. The Morgan fingerprint density at radius 3 is 2.35 bits per heavy atom. The van der Waals surface area contributed by atoms with Crippen LogP contribution in [0.2, 0.25) is 0 Å². The Hall–Kier alpha value is -3.87. The fourth-order valence-corrected chi connectivity index (χ4v) is 6.90. The molecule has 7 rings (SSSR count). The predicted octanol–water partition coefficient (Wildman–Crippen LogP) is 5.84. The fraction of sp³-hybridized carbons (Fsp3) is 0.324. The quantitative estimate of drug-likeness (QED) is 0.251. The van der Waals surface area contributed by atoms with Crippen LogP contribution in [0.5, 0.6) is 0 Å². The smallest absolute Gasteiger partial charge is 0.132 e. The molecule has 3 unspecified atom stereocenters. The third-order valence-corrected chi connectivity index (χ3v) is 9.13. The van der Waals surface area contributed by atoms with E-state index in [1.165, 1.54) is 36.0 Å². The highest BCUT2D eigenvalue weighted by molar-refractivity contribution is 6.12. The lowest BCUT2D eigenvalue weighted by Crippen LogP contribution is -2.66. The summed E-state index contributed by atoms with van der Waals surface area (Å²) in [5.41, 5.74) is 16.1. The van der Waals surface area contributed by atoms with Crippen molar-refractivity contribution in [2.24, 2.45) is 0 Å². The van der Waals surface area contributed by atoms with Crippen molar-refractivity contribution in [2.75, 3.05) is 18.9 Å². The highest BCUT2D eigenvalue weighted by Gasteiger charge is 2.45. The Morgan fingerprint density at radius 1 is 0.850 bits per heavy atom. The molecule has 40 heavy (non-hydrogen) atoms. The van der Waals surface area contributed by atoms with Gasteiger partial charge in [-0.25, -0.2) is 4.98 Å². The van der Waals surface area contributed by atoms with Gasteiger partial charge in [0.1, 0.15) is 5.82 Å². The summed E-state index contributed by atoms with van der Waals surface area (Å²) in [5.74, 6) is 0.347. The molecule has 0 saturated carbocycles. The highest BCUT2D eigenvalue weighted by Crippen LogP contribution is 2.38. The number of rotatable bonds is 5. The normalized spacial score (nSPS) is 22.2. The van der Waals surface area contributed by atoms with Crippen LogP contribution in [-0.2, 0) is 17.6 Å². The number of nitrogens with one attached hydrogen (secondary N) is 1. The molecule has 0 spiro atoms. The molecule has 2 aromatic carbocycles. The number of morpholine rings is 1. The number of pyridine rings is 2. The fourth-order valence-electron chi connectivity index (χ4n) is 6.90. The molecule has 6 nitrogen and oxygen atoms in total. The molecule has 0 radical (unpaired) electrons. The molecular weight excluding hydrogens is 494 g/mol. The van der Waals surface area contributed by atoms with Gasteiger partial charge in [0.25, 0.3) is 0 Å². The van der Waals surface area contributed by atoms with Gasteiger partial charge in [0, 0.05) is 47.2 Å². The maximum absolute atomic E-state index is 8.91. The highest BCUT2D eigenvalue weighted by atomic mass is 16.5. The molecule has 4 aromatic rings. The van der Waals surface area contributed by atoms with Crippen LogP contribution in [0.3, 0.4) is 0 Å². The van der Waals surface area contributed by atoms with Gasteiger partial charge in [0.15, 0.2) is 0 Å². The van der Waals surface area contributed by atoms with Crippen LogP contribution in [0, 0.1) is 12.3 Å². The monoisotopic (exact) mass is 529 g/mol. The molecular formula is C34H35N5O. The molecule has 2 bridgehead atoms. The average Bonchev–Trinajstić information content (AvgIpc) is 3.20. The Bertz CT molecular complexity index is 1570. The minimum absolute atomic E-state index is 0.282. The van der Waals surface area contributed by atoms with Gasteiger partial charge in [0.05, 0.1) is 24.6 Å². The first-order valence-corrected chi connectivity index (χ1v) is 14.4. The summed E-state index contributed by atoms with van der Waals surface area (Å²) in [6.45, 7) is 3.89. The second-order valence-corrected chi connectivity index (χ2v) is 11.5. The molecule has 0 amide bonds. The number of aromatic nitrogens is 2. The van der Waals surface area contributed by atoms with Crippen molar-refractivity contribution in [3.63, 3.8) is 0 Å². The third kappa shape index (κ3) is 4.51. The van der Waals surface area contributed by atoms with E-state index in [4.69, 9.17) is 15.9 Å². The molecule has 2 aromatic heterocycles. The van der Waals surface area contributed by atoms with E-state index in [1.54, 1.807) is 0 Å². The minimum atomic E-state index is 0.282. The van der Waals surface area contributed by atoms with E-state index in [2.05, 4.69) is 52.1 Å². The van der Waals surface area contributed by atoms with E-state index in [-0.39, 0.29) is 5.71 Å². The van der Waals surface area contributed by atoms with Crippen molar-refractivity contribution in [2.45, 2.75) is 57.2 Å². The van der Waals surface area contributed by atoms with Crippen molar-refractivity contribution in [3.8, 4) is 22.3 Å². The van der Waals surface area contributed by atoms with Gasteiger partial charge in [-0.1, -0.05) is 48.5 Å². The molecule has 3 atom stereocenters. The summed E-state index contributed by atoms with van der Waals surface area (Å²) in [6.07, 6.45) is 9.59. The van der Waals surface area contributed by atoms with Crippen LogP contribution in [0.4, 0.5) is 5.82 Å². The zero-order valence-corrected chi connectivity index (χ0v) is 22.9. The number of nitrogen functional groups attached to an aromatic ring is 1. The second kappa shape index (κ2) is 10.3. The van der Waals surface area contributed by atoms with Crippen LogP contribution in [0.1, 0.15) is 47.2 Å². The molecule has 6 heteroatoms. The molecule has 1 aliphatic carbocycles. The molecule has 3 aliphatic rings. The lowest BCUT2D eigenvalue weighted by atomic mass is 9.87. The predicted molar refractivity (Wildman–Crippen MR) is 160 cm³/mol. The van der Waals surface area contributed by atoms with E-state index in [0.717, 1.165) is 48.3 Å². The third-order valence-electron chi connectivity index (χ3n) is 9.13. The Labute approximate surface area is 235 Å². The summed E-state index contributed by atoms with van der Waals surface area (Å²) < 4.78 is 5.73. The maximum Gasteiger partial charge on any atom is 0.132 e. The van der Waals surface area contributed by atoms with Crippen molar-refractivity contribution < 1.29 is 4.74 Å². The van der Waals surface area contributed by atoms with Crippen LogP contribution >= 0.6 is 0 Å². The number of ether oxygens (including phenoxy) is 1. The largest absolute Gasteiger partial charge is 0.383 e. The first-order chi connectivity index (χ1) is 19.5. The summed E-state index contributed by atoms with van der Waals surface area (Å²) in [4.78, 5) is 11.9. The lowest BCUT2D eigenvalue weighted by molar-refractivity contribution is -0.148. The number of aryl methyl sites for hydroxylation is 3. The van der Waals surface area contributed by atoms with Gasteiger partial charge in [-0.15, -0.1) is 0 Å². The number of hydrogen-bond donors (Lipinski definition) is 2. The second-order valence-electron chi connectivity index (χ2n) is 11.5. The van der Waals surface area contributed by atoms with E-state index < -0.39 is 0 Å². The van der Waals surface area contributed by atoms with E-state index >= 15 is 0 Å². The van der Waals surface area contributed by atoms with Gasteiger partial charge >= 0.3 is 0 Å². The number of nitrogens with two attached hydrogens (primary N) is 1. The van der Waals surface area contributed by atoms with Crippen molar-refractivity contribution in [3.05, 3.63) is 101 Å². The zero-order valence-electron chi connectivity index (χ0n) is 22.9. The van der Waals surface area contributed by atoms with Gasteiger partial charge in [-0.3, -0.25) is 15.3 Å². The summed E-state index contributed by atoms with van der Waals surface area (Å²) in [5, 5.41) is 8.91. The Kier molecular flexibility index (Phi) is 6.45. The van der Waals surface area contributed by atoms with Crippen LogP contribution in [0.25, 0.3) is 22.3 Å². The van der Waals surface area contributed by atoms with Crippen LogP contribution < -0.4 is 5.73 Å². The van der Waals surface area contributed by atoms with E-state index in [9.17, 15) is 0 Å². The van der Waals surface area contributed by atoms with Crippen molar-refractivity contribution in [1.29, 1.82) is 5.41 Å². The van der Waals surface area contributed by atoms with Crippen LogP contribution in [0.15, 0.2) is 73.1 Å². The van der Waals surface area contributed by atoms with Crippen molar-refractivity contribution >= 4 is 11.5 Å². The number of anilines is 1. The Balaban J connectivity index is 1.11. The molecule has 3 N–H and O–H groups in total. The molecule has 2 aliphatic heterocycles. The number of hydrogen-bond acceptors (Lipinski definition) is 6. The molecule has 2 fully saturated rings. The number of benzene rings is 2. The molecule has 2 saturated heterocycles. The van der Waals surface area contributed by atoms with Crippen molar-refractivity contribution in [1.82, 2.24) is 14.9 Å². The lowest BCUT2D eigenvalue weighted by Gasteiger charge is -2.56. The summed E-state index contributed by atoms with van der Waals surface area (Å²) in [6, 6.07) is 22.9. The Morgan fingerprint density at radius 2 is 1.60 bits per heavy atom. The van der Waals surface area contributed by atoms with Gasteiger partial charge in [-0.05, 0) is 79.0 Å². The standard InChI is InChI=1S/C34H35N5O/c1-21-4-2-3-5-30(21)25-10-13-32(37-17-25)33(35)31-15-26(18-38-34(31)36)24-7-6-22-8-11-27(12-9-23(22)14-24)39-28-16-29(39)20-40-19-28/h2-7,10,13-15,17-18,27-29,35H,8-9,11-12,16,19-20H2,1H3,(H2,36,38). The molecule has 4 heterocycles. The van der Waals surface area contributed by atoms with Crippen LogP contribution in [-0.4, -0.2) is 51.9 Å².